The molecule has 0 spiro atoms. The topological polar surface area (TPSA) is 92.9 Å². The number of anilines is 1. The number of nitrogens with zero attached hydrogens (tertiary/aromatic N) is 1. The molecule has 27 heavy (non-hydrogen) atoms. The van der Waals surface area contributed by atoms with E-state index in [9.17, 15) is 9.59 Å². The van der Waals surface area contributed by atoms with E-state index in [1.54, 1.807) is 7.11 Å². The second kappa shape index (κ2) is 9.54. The summed E-state index contributed by atoms with van der Waals surface area (Å²) in [6.07, 6.45) is 4.04. The highest BCUT2D eigenvalue weighted by Gasteiger charge is 2.34. The second-order valence-electron chi connectivity index (χ2n) is 5.94. The second-order valence-corrected chi connectivity index (χ2v) is 5.94. The Morgan fingerprint density at radius 1 is 1.07 bits per heavy atom. The molecule has 0 bridgehead atoms. The summed E-state index contributed by atoms with van der Waals surface area (Å²) in [4.78, 5) is 24.6. The number of carboxylic acid groups (broad SMARTS) is 1. The first-order valence-corrected chi connectivity index (χ1v) is 8.60. The molecule has 1 unspecified atom stereocenters. The van der Waals surface area contributed by atoms with E-state index in [1.807, 2.05) is 60.7 Å². The van der Waals surface area contributed by atoms with Gasteiger partial charge in [0.05, 0.1) is 13.0 Å². The van der Waals surface area contributed by atoms with E-state index in [0.29, 0.717) is 0 Å². The van der Waals surface area contributed by atoms with Gasteiger partial charge in [0.1, 0.15) is 5.75 Å². The fourth-order valence-corrected chi connectivity index (χ4v) is 2.80. The molecule has 1 saturated heterocycles. The Labute approximate surface area is 158 Å². The van der Waals surface area contributed by atoms with Gasteiger partial charge in [0.25, 0.3) is 0 Å². The van der Waals surface area contributed by atoms with E-state index in [4.69, 9.17) is 9.84 Å². The van der Waals surface area contributed by atoms with E-state index >= 15 is 0 Å². The number of ether oxygens (including phenoxy) is 1. The lowest BCUT2D eigenvalue weighted by molar-refractivity contribution is -0.141. The van der Waals surface area contributed by atoms with Gasteiger partial charge in [0, 0.05) is 18.7 Å². The van der Waals surface area contributed by atoms with Crippen molar-refractivity contribution in [3.8, 4) is 5.75 Å². The summed E-state index contributed by atoms with van der Waals surface area (Å²) < 4.78 is 5.13. The molecular formula is C21H24N2O4. The lowest BCUT2D eigenvalue weighted by atomic mass is 10.1. The minimum atomic E-state index is -0.921. The van der Waals surface area contributed by atoms with Gasteiger partial charge in [-0.1, -0.05) is 36.4 Å². The standard InChI is InChI=1S/C20H19NO4.CH5N/c1-25-18-10-6-15(7-11-18)3-2-14-4-8-17(9-5-14)21-13-16(20(23)24)12-19(21)22;1-2/h2-11,16H,12-13H2,1H3,(H,23,24);2H2,1H3/b3-2+;. The Kier molecular flexibility index (Phi) is 7.14. The number of nitrogens with two attached hydrogens (primary N) is 1. The highest BCUT2D eigenvalue weighted by Crippen LogP contribution is 2.26. The molecule has 1 heterocycles. The van der Waals surface area contributed by atoms with E-state index in [2.05, 4.69) is 5.73 Å². The van der Waals surface area contributed by atoms with Crippen molar-refractivity contribution in [2.75, 3.05) is 25.6 Å². The van der Waals surface area contributed by atoms with Gasteiger partial charge in [-0.05, 0) is 42.4 Å². The molecule has 1 aliphatic rings. The molecule has 0 saturated carbocycles. The number of hydrogen-bond acceptors (Lipinski definition) is 4. The summed E-state index contributed by atoms with van der Waals surface area (Å²) in [6.45, 7) is 0.231. The van der Waals surface area contributed by atoms with Crippen LogP contribution in [0.5, 0.6) is 5.75 Å². The number of rotatable bonds is 5. The van der Waals surface area contributed by atoms with E-state index in [-0.39, 0.29) is 18.9 Å². The number of benzene rings is 2. The molecule has 3 rings (SSSR count). The van der Waals surface area contributed by atoms with E-state index in [0.717, 1.165) is 22.6 Å². The number of amides is 1. The Hall–Kier alpha value is -3.12. The SMILES string of the molecule is CN.COc1ccc(/C=C/c2ccc(N3CC(C(=O)O)CC3=O)cc2)cc1. The molecular weight excluding hydrogens is 344 g/mol. The lowest BCUT2D eigenvalue weighted by Crippen LogP contribution is -2.25. The Balaban J connectivity index is 0.00000126. The van der Waals surface area contributed by atoms with Crippen molar-refractivity contribution < 1.29 is 19.4 Å². The molecule has 2 aromatic carbocycles. The number of methoxy groups -OCH3 is 1. The number of carboxylic acids is 1. The third-order valence-electron chi connectivity index (χ3n) is 4.26. The number of carbonyl (C=O) groups excluding carboxylic acids is 1. The van der Waals surface area contributed by atoms with Crippen LogP contribution >= 0.6 is 0 Å². The summed E-state index contributed by atoms with van der Waals surface area (Å²) >= 11 is 0. The van der Waals surface area contributed by atoms with Crippen LogP contribution in [-0.4, -0.2) is 37.7 Å². The van der Waals surface area contributed by atoms with Crippen molar-refractivity contribution in [2.24, 2.45) is 11.7 Å². The molecule has 1 aliphatic heterocycles. The smallest absolute Gasteiger partial charge is 0.308 e. The van der Waals surface area contributed by atoms with Crippen LogP contribution in [0, 0.1) is 5.92 Å². The largest absolute Gasteiger partial charge is 0.497 e. The molecule has 6 nitrogen and oxygen atoms in total. The maximum Gasteiger partial charge on any atom is 0.308 e. The third-order valence-corrected chi connectivity index (χ3v) is 4.26. The number of aliphatic carboxylic acids is 1. The predicted octanol–water partition coefficient (Wildman–Crippen LogP) is 2.88. The Morgan fingerprint density at radius 3 is 2.04 bits per heavy atom. The normalized spacial score (nSPS) is 16.2. The highest BCUT2D eigenvalue weighted by atomic mass is 16.5. The summed E-state index contributed by atoms with van der Waals surface area (Å²) in [7, 11) is 3.14. The van der Waals surface area contributed by atoms with Crippen LogP contribution < -0.4 is 15.4 Å². The van der Waals surface area contributed by atoms with Crippen LogP contribution in [0.15, 0.2) is 48.5 Å². The number of hydrogen-bond donors (Lipinski definition) is 2. The highest BCUT2D eigenvalue weighted by molar-refractivity contribution is 5.99. The zero-order valence-corrected chi connectivity index (χ0v) is 15.5. The molecule has 1 amide bonds. The maximum absolute atomic E-state index is 12.0. The van der Waals surface area contributed by atoms with Gasteiger partial charge in [-0.15, -0.1) is 0 Å². The first kappa shape index (κ1) is 20.2. The Bertz CT molecular complexity index is 798. The molecule has 6 heteroatoms. The molecule has 142 valence electrons. The quantitative estimate of drug-likeness (QED) is 0.792. The van der Waals surface area contributed by atoms with Crippen molar-refractivity contribution in [3.05, 3.63) is 59.7 Å². The Morgan fingerprint density at radius 2 is 1.59 bits per heavy atom. The molecule has 1 fully saturated rings. The van der Waals surface area contributed by atoms with Crippen LogP contribution in [-0.2, 0) is 9.59 Å². The average molecular weight is 368 g/mol. The third kappa shape index (κ3) is 5.18. The van der Waals surface area contributed by atoms with Gasteiger partial charge in [-0.25, -0.2) is 0 Å². The maximum atomic E-state index is 12.0. The van der Waals surface area contributed by atoms with E-state index in [1.165, 1.54) is 11.9 Å². The van der Waals surface area contributed by atoms with Crippen LogP contribution in [0.4, 0.5) is 5.69 Å². The van der Waals surface area contributed by atoms with Crippen molar-refractivity contribution >= 4 is 29.7 Å². The minimum absolute atomic E-state index is 0.0639. The minimum Gasteiger partial charge on any atom is -0.497 e. The monoisotopic (exact) mass is 368 g/mol. The van der Waals surface area contributed by atoms with Crippen molar-refractivity contribution in [1.82, 2.24) is 0 Å². The fourth-order valence-electron chi connectivity index (χ4n) is 2.80. The van der Waals surface area contributed by atoms with Crippen molar-refractivity contribution in [1.29, 1.82) is 0 Å². The zero-order chi connectivity index (χ0) is 19.8. The summed E-state index contributed by atoms with van der Waals surface area (Å²) in [5.74, 6) is -0.873. The zero-order valence-electron chi connectivity index (χ0n) is 15.5. The van der Waals surface area contributed by atoms with Gasteiger partial charge in [-0.2, -0.15) is 0 Å². The summed E-state index contributed by atoms with van der Waals surface area (Å²) in [5, 5.41) is 9.06. The molecule has 0 radical (unpaired) electrons. The molecule has 0 aromatic heterocycles. The fraction of sp³-hybridized carbons (Fsp3) is 0.238. The lowest BCUT2D eigenvalue weighted by Gasteiger charge is -2.16. The van der Waals surface area contributed by atoms with Crippen molar-refractivity contribution in [3.63, 3.8) is 0 Å². The molecule has 1 atom stereocenters. The van der Waals surface area contributed by atoms with Gasteiger partial charge >= 0.3 is 5.97 Å². The van der Waals surface area contributed by atoms with Crippen LogP contribution in [0.2, 0.25) is 0 Å². The molecule has 2 aromatic rings. The van der Waals surface area contributed by atoms with Crippen LogP contribution in [0.3, 0.4) is 0 Å². The average Bonchev–Trinajstić information content (AvgIpc) is 3.11. The number of carbonyl (C=O) groups is 2. The van der Waals surface area contributed by atoms with Crippen LogP contribution in [0.1, 0.15) is 17.5 Å². The van der Waals surface area contributed by atoms with E-state index < -0.39 is 11.9 Å². The first-order chi connectivity index (χ1) is 13.1. The summed E-state index contributed by atoms with van der Waals surface area (Å²) in [6, 6.07) is 15.3. The molecule has 0 aliphatic carbocycles. The van der Waals surface area contributed by atoms with Gasteiger partial charge in [-0.3, -0.25) is 9.59 Å². The van der Waals surface area contributed by atoms with Gasteiger partial charge in [0.2, 0.25) is 5.91 Å². The predicted molar refractivity (Wildman–Crippen MR) is 107 cm³/mol. The first-order valence-electron chi connectivity index (χ1n) is 8.60. The van der Waals surface area contributed by atoms with Gasteiger partial charge in [0.15, 0.2) is 0 Å². The van der Waals surface area contributed by atoms with Crippen LogP contribution in [0.25, 0.3) is 12.2 Å². The van der Waals surface area contributed by atoms with Crippen molar-refractivity contribution in [2.45, 2.75) is 6.42 Å². The molecule has 3 N–H and O–H groups in total. The van der Waals surface area contributed by atoms with Gasteiger partial charge < -0.3 is 20.5 Å². The summed E-state index contributed by atoms with van der Waals surface area (Å²) in [5.41, 5.74) is 7.29.